The van der Waals surface area contributed by atoms with Crippen molar-refractivity contribution in [3.8, 4) is 22.8 Å². The molecule has 2 aromatic heterocycles. The third-order valence-corrected chi connectivity index (χ3v) is 7.53. The quantitative estimate of drug-likeness (QED) is 0.322. The second-order valence-electron chi connectivity index (χ2n) is 10.2. The van der Waals surface area contributed by atoms with Crippen LogP contribution in [-0.4, -0.2) is 52.7 Å². The first-order chi connectivity index (χ1) is 18.4. The van der Waals surface area contributed by atoms with Gasteiger partial charge in [-0.15, -0.1) is 0 Å². The first-order valence-electron chi connectivity index (χ1n) is 13.0. The highest BCUT2D eigenvalue weighted by molar-refractivity contribution is 5.95. The number of methoxy groups -OCH3 is 1. The van der Waals surface area contributed by atoms with Gasteiger partial charge in [0.1, 0.15) is 18.0 Å². The lowest BCUT2D eigenvalue weighted by atomic mass is 9.97. The second-order valence-corrected chi connectivity index (χ2v) is 10.2. The van der Waals surface area contributed by atoms with E-state index in [2.05, 4.69) is 58.4 Å². The molecule has 38 heavy (non-hydrogen) atoms. The van der Waals surface area contributed by atoms with Crippen LogP contribution in [0.3, 0.4) is 0 Å². The van der Waals surface area contributed by atoms with Crippen LogP contribution in [0.1, 0.15) is 30.5 Å². The number of nitrogens with zero attached hydrogens (tertiary/aromatic N) is 4. The SMILES string of the molecule is COc1cc2c(cc1Nc1ncc3c(N)cc(-c4cnc5c(c4C)NCCO5)cc3n1)CN(C(C)C)CC2. The fraction of sp³-hybridized carbons (Fsp3) is 0.345. The average molecular weight is 512 g/mol. The van der Waals surface area contributed by atoms with Gasteiger partial charge in [0.2, 0.25) is 11.8 Å². The molecule has 0 unspecified atom stereocenters. The van der Waals surface area contributed by atoms with E-state index in [4.69, 9.17) is 20.2 Å². The van der Waals surface area contributed by atoms with Crippen LogP contribution in [0.15, 0.2) is 36.7 Å². The summed E-state index contributed by atoms with van der Waals surface area (Å²) in [5.74, 6) is 1.90. The normalized spacial score (nSPS) is 15.0. The first-order valence-corrected chi connectivity index (χ1v) is 13.0. The fourth-order valence-electron chi connectivity index (χ4n) is 5.33. The maximum absolute atomic E-state index is 6.46. The zero-order valence-electron chi connectivity index (χ0n) is 22.3. The molecule has 0 amide bonds. The molecule has 0 bridgehead atoms. The summed E-state index contributed by atoms with van der Waals surface area (Å²) < 4.78 is 11.4. The molecule has 9 heteroatoms. The van der Waals surface area contributed by atoms with Gasteiger partial charge in [-0.3, -0.25) is 4.90 Å². The van der Waals surface area contributed by atoms with E-state index in [1.807, 2.05) is 18.3 Å². The molecule has 0 spiro atoms. The monoisotopic (exact) mass is 511 g/mol. The van der Waals surface area contributed by atoms with Crippen LogP contribution in [-0.2, 0) is 13.0 Å². The molecule has 4 aromatic rings. The summed E-state index contributed by atoms with van der Waals surface area (Å²) in [6.45, 7) is 9.87. The molecule has 0 aliphatic carbocycles. The lowest BCUT2D eigenvalue weighted by Crippen LogP contribution is -2.35. The van der Waals surface area contributed by atoms with Gasteiger partial charge >= 0.3 is 0 Å². The van der Waals surface area contributed by atoms with Crippen LogP contribution in [0.25, 0.3) is 22.0 Å². The second kappa shape index (κ2) is 9.64. The van der Waals surface area contributed by atoms with E-state index in [1.54, 1.807) is 13.3 Å². The first kappa shape index (κ1) is 24.2. The number of nitrogens with two attached hydrogens (primary N) is 1. The summed E-state index contributed by atoms with van der Waals surface area (Å²) in [6, 6.07) is 8.78. The zero-order valence-corrected chi connectivity index (χ0v) is 22.3. The predicted octanol–water partition coefficient (Wildman–Crippen LogP) is 4.91. The summed E-state index contributed by atoms with van der Waals surface area (Å²) in [6.07, 6.45) is 4.61. The third kappa shape index (κ3) is 4.32. The van der Waals surface area contributed by atoms with Gasteiger partial charge in [0, 0.05) is 54.7 Å². The Morgan fingerprint density at radius 2 is 2.00 bits per heavy atom. The molecular weight excluding hydrogens is 478 g/mol. The number of anilines is 4. The molecule has 0 atom stereocenters. The van der Waals surface area contributed by atoms with Crippen LogP contribution >= 0.6 is 0 Å². The smallest absolute Gasteiger partial charge is 0.237 e. The van der Waals surface area contributed by atoms with Gasteiger partial charge in [-0.25, -0.2) is 15.0 Å². The topological polar surface area (TPSA) is 110 Å². The fourth-order valence-corrected chi connectivity index (χ4v) is 5.33. The van der Waals surface area contributed by atoms with Crippen LogP contribution in [0.5, 0.6) is 11.6 Å². The average Bonchev–Trinajstić information content (AvgIpc) is 2.92. The minimum Gasteiger partial charge on any atom is -0.495 e. The number of fused-ring (bicyclic) bond motifs is 3. The van der Waals surface area contributed by atoms with Crippen molar-refractivity contribution in [2.24, 2.45) is 0 Å². The molecule has 2 aliphatic rings. The third-order valence-electron chi connectivity index (χ3n) is 7.53. The molecule has 0 saturated heterocycles. The number of pyridine rings is 1. The molecule has 0 saturated carbocycles. The molecule has 6 rings (SSSR count). The Balaban J connectivity index is 1.36. The lowest BCUT2D eigenvalue weighted by molar-refractivity contribution is 0.203. The maximum atomic E-state index is 6.46. The Kier molecular flexibility index (Phi) is 6.15. The van der Waals surface area contributed by atoms with E-state index < -0.39 is 0 Å². The highest BCUT2D eigenvalue weighted by atomic mass is 16.5. The molecule has 196 valence electrons. The number of nitrogens with one attached hydrogen (secondary N) is 2. The summed E-state index contributed by atoms with van der Waals surface area (Å²) in [7, 11) is 1.69. The van der Waals surface area contributed by atoms with Crippen molar-refractivity contribution in [2.75, 3.05) is 43.2 Å². The van der Waals surface area contributed by atoms with E-state index >= 15 is 0 Å². The minimum atomic E-state index is 0.485. The highest BCUT2D eigenvalue weighted by Gasteiger charge is 2.22. The number of ether oxygens (including phenoxy) is 2. The van der Waals surface area contributed by atoms with E-state index in [0.717, 1.165) is 70.8 Å². The van der Waals surface area contributed by atoms with Crippen molar-refractivity contribution < 1.29 is 9.47 Å². The van der Waals surface area contributed by atoms with Crippen LogP contribution in [0.2, 0.25) is 0 Å². The number of aromatic nitrogens is 3. The summed E-state index contributed by atoms with van der Waals surface area (Å²) in [4.78, 5) is 16.4. The standard InChI is InChI=1S/C29H33N7O2/c1-16(2)36-7-5-18-12-26(37-4)25(11-20(18)15-36)35-29-33-14-22-23(30)9-19(10-24(22)34-29)21-13-32-28-27(17(21)3)31-6-8-38-28/h9-14,16,31H,5-8,15,30H2,1-4H3,(H,33,34,35). The molecular formula is C29H33N7O2. The zero-order chi connectivity index (χ0) is 26.4. The molecule has 2 aliphatic heterocycles. The van der Waals surface area contributed by atoms with Crippen molar-refractivity contribution in [3.63, 3.8) is 0 Å². The van der Waals surface area contributed by atoms with Crippen molar-refractivity contribution in [1.82, 2.24) is 19.9 Å². The molecule has 9 nitrogen and oxygen atoms in total. The van der Waals surface area contributed by atoms with Gasteiger partial charge < -0.3 is 25.8 Å². The van der Waals surface area contributed by atoms with Gasteiger partial charge in [-0.05, 0) is 73.7 Å². The number of benzene rings is 2. The van der Waals surface area contributed by atoms with Crippen LogP contribution < -0.4 is 25.8 Å². The van der Waals surface area contributed by atoms with Crippen LogP contribution in [0, 0.1) is 6.92 Å². The van der Waals surface area contributed by atoms with Gasteiger partial charge in [-0.1, -0.05) is 0 Å². The van der Waals surface area contributed by atoms with Gasteiger partial charge in [0.15, 0.2) is 0 Å². The van der Waals surface area contributed by atoms with Crippen molar-refractivity contribution >= 4 is 33.9 Å². The molecule has 4 N–H and O–H groups in total. The number of rotatable bonds is 5. The Morgan fingerprint density at radius 3 is 2.82 bits per heavy atom. The summed E-state index contributed by atoms with van der Waals surface area (Å²) in [5, 5.41) is 7.60. The number of hydrogen-bond donors (Lipinski definition) is 3. The number of nitrogen functional groups attached to an aromatic ring is 1. The van der Waals surface area contributed by atoms with Crippen molar-refractivity contribution in [3.05, 3.63) is 53.3 Å². The summed E-state index contributed by atoms with van der Waals surface area (Å²) in [5.41, 5.74) is 15.2. The van der Waals surface area contributed by atoms with E-state index in [0.29, 0.717) is 30.2 Å². The highest BCUT2D eigenvalue weighted by Crippen LogP contribution is 2.38. The lowest BCUT2D eigenvalue weighted by Gasteiger charge is -2.32. The predicted molar refractivity (Wildman–Crippen MR) is 151 cm³/mol. The number of hydrogen-bond acceptors (Lipinski definition) is 9. The van der Waals surface area contributed by atoms with Crippen molar-refractivity contribution in [1.29, 1.82) is 0 Å². The molecule has 0 fully saturated rings. The summed E-state index contributed by atoms with van der Waals surface area (Å²) >= 11 is 0. The van der Waals surface area contributed by atoms with E-state index in [9.17, 15) is 0 Å². The Hall–Kier alpha value is -4.11. The Labute approximate surface area is 222 Å². The van der Waals surface area contributed by atoms with Gasteiger partial charge in [0.25, 0.3) is 0 Å². The molecule has 2 aromatic carbocycles. The van der Waals surface area contributed by atoms with Gasteiger partial charge in [0.05, 0.1) is 18.3 Å². The van der Waals surface area contributed by atoms with Crippen molar-refractivity contribution in [2.45, 2.75) is 39.8 Å². The van der Waals surface area contributed by atoms with Gasteiger partial charge in [-0.2, -0.15) is 0 Å². The Bertz CT molecular complexity index is 1540. The maximum Gasteiger partial charge on any atom is 0.237 e. The minimum absolute atomic E-state index is 0.485. The molecule has 4 heterocycles. The van der Waals surface area contributed by atoms with E-state index in [-0.39, 0.29) is 0 Å². The van der Waals surface area contributed by atoms with E-state index in [1.165, 1.54) is 11.1 Å². The largest absolute Gasteiger partial charge is 0.495 e. The molecule has 0 radical (unpaired) electrons. The Morgan fingerprint density at radius 1 is 1.13 bits per heavy atom. The van der Waals surface area contributed by atoms with Crippen LogP contribution in [0.4, 0.5) is 23.0 Å².